The van der Waals surface area contributed by atoms with Gasteiger partial charge in [-0.05, 0) is 36.2 Å². The lowest BCUT2D eigenvalue weighted by atomic mass is 10.1. The average molecular weight is 293 g/mol. The monoisotopic (exact) mass is 293 g/mol. The summed E-state index contributed by atoms with van der Waals surface area (Å²) >= 11 is 0. The van der Waals surface area contributed by atoms with Crippen LogP contribution in [0.1, 0.15) is 24.2 Å². The molecule has 0 spiro atoms. The van der Waals surface area contributed by atoms with Crippen molar-refractivity contribution in [3.8, 4) is 6.07 Å². The number of imidazole rings is 1. The maximum Gasteiger partial charge on any atom is 0.123 e. The fourth-order valence-corrected chi connectivity index (χ4v) is 2.61. The molecule has 0 saturated carbocycles. The molecule has 0 saturated heterocycles. The number of nitrogens with zero attached hydrogens (tertiary/aromatic N) is 3. The van der Waals surface area contributed by atoms with Gasteiger partial charge in [0, 0.05) is 19.4 Å². The zero-order valence-corrected chi connectivity index (χ0v) is 12.2. The van der Waals surface area contributed by atoms with E-state index in [0.717, 1.165) is 35.4 Å². The van der Waals surface area contributed by atoms with Crippen LogP contribution in [0, 0.1) is 17.1 Å². The van der Waals surface area contributed by atoms with E-state index in [1.54, 1.807) is 12.1 Å². The van der Waals surface area contributed by atoms with E-state index in [1.165, 1.54) is 12.1 Å². The molecule has 22 heavy (non-hydrogen) atoms. The van der Waals surface area contributed by atoms with Crippen LogP contribution in [-0.4, -0.2) is 9.55 Å². The molecule has 0 atom stereocenters. The molecular formula is C18H16FN3. The highest BCUT2D eigenvalue weighted by molar-refractivity contribution is 5.76. The van der Waals surface area contributed by atoms with Crippen LogP contribution in [0.25, 0.3) is 11.0 Å². The van der Waals surface area contributed by atoms with E-state index in [-0.39, 0.29) is 5.82 Å². The molecule has 0 radical (unpaired) electrons. The smallest absolute Gasteiger partial charge is 0.123 e. The van der Waals surface area contributed by atoms with Gasteiger partial charge in [0.05, 0.1) is 17.1 Å². The van der Waals surface area contributed by atoms with Crippen LogP contribution in [0.4, 0.5) is 4.39 Å². The molecule has 0 amide bonds. The topological polar surface area (TPSA) is 41.6 Å². The van der Waals surface area contributed by atoms with E-state index in [9.17, 15) is 4.39 Å². The van der Waals surface area contributed by atoms with Gasteiger partial charge in [-0.2, -0.15) is 5.26 Å². The predicted molar refractivity (Wildman–Crippen MR) is 83.8 cm³/mol. The van der Waals surface area contributed by atoms with Gasteiger partial charge >= 0.3 is 0 Å². The molecule has 110 valence electrons. The van der Waals surface area contributed by atoms with Gasteiger partial charge in [0.2, 0.25) is 0 Å². The number of aryl methyl sites for hydroxylation is 1. The fraction of sp³-hybridized carbons (Fsp3) is 0.222. The number of aromatic nitrogens is 2. The van der Waals surface area contributed by atoms with Crippen molar-refractivity contribution in [1.82, 2.24) is 9.55 Å². The number of nitriles is 1. The number of benzene rings is 2. The Balaban J connectivity index is 1.94. The lowest BCUT2D eigenvalue weighted by molar-refractivity contribution is 0.625. The second kappa shape index (κ2) is 6.40. The lowest BCUT2D eigenvalue weighted by Crippen LogP contribution is -2.05. The molecule has 0 bridgehead atoms. The summed E-state index contributed by atoms with van der Waals surface area (Å²) in [7, 11) is 0. The number of hydrogen-bond donors (Lipinski definition) is 0. The van der Waals surface area contributed by atoms with Gasteiger partial charge < -0.3 is 4.57 Å². The van der Waals surface area contributed by atoms with E-state index >= 15 is 0 Å². The van der Waals surface area contributed by atoms with Crippen molar-refractivity contribution in [2.45, 2.75) is 25.8 Å². The third-order valence-electron chi connectivity index (χ3n) is 3.68. The van der Waals surface area contributed by atoms with Gasteiger partial charge in [0.15, 0.2) is 0 Å². The second-order valence-electron chi connectivity index (χ2n) is 5.23. The first kappa shape index (κ1) is 14.3. The summed E-state index contributed by atoms with van der Waals surface area (Å²) < 4.78 is 15.2. The first-order valence-corrected chi connectivity index (χ1v) is 7.33. The van der Waals surface area contributed by atoms with E-state index in [1.807, 2.05) is 24.3 Å². The summed E-state index contributed by atoms with van der Waals surface area (Å²) in [5.41, 5.74) is 3.06. The largest absolute Gasteiger partial charge is 0.328 e. The second-order valence-corrected chi connectivity index (χ2v) is 5.23. The van der Waals surface area contributed by atoms with Crippen LogP contribution in [0.3, 0.4) is 0 Å². The third kappa shape index (κ3) is 2.99. The molecule has 0 aliphatic rings. The number of halogens is 1. The zero-order chi connectivity index (χ0) is 15.4. The summed E-state index contributed by atoms with van der Waals surface area (Å²) in [5, 5.41) is 8.73. The number of unbranched alkanes of at least 4 members (excludes halogenated alkanes) is 1. The van der Waals surface area contributed by atoms with E-state index in [0.29, 0.717) is 12.8 Å². The molecule has 1 aromatic heterocycles. The number of fused-ring (bicyclic) bond motifs is 1. The van der Waals surface area contributed by atoms with Crippen molar-refractivity contribution in [2.75, 3.05) is 0 Å². The Morgan fingerprint density at radius 1 is 1.09 bits per heavy atom. The lowest BCUT2D eigenvalue weighted by Gasteiger charge is -2.08. The number of hydrogen-bond acceptors (Lipinski definition) is 2. The Bertz CT molecular complexity index is 812. The molecule has 0 fully saturated rings. The summed E-state index contributed by atoms with van der Waals surface area (Å²) in [6.07, 6.45) is 1.98. The Morgan fingerprint density at radius 2 is 1.86 bits per heavy atom. The highest BCUT2D eigenvalue weighted by Crippen LogP contribution is 2.19. The van der Waals surface area contributed by atoms with Crippen LogP contribution < -0.4 is 0 Å². The van der Waals surface area contributed by atoms with Crippen LogP contribution in [0.2, 0.25) is 0 Å². The van der Waals surface area contributed by atoms with E-state index < -0.39 is 0 Å². The van der Waals surface area contributed by atoms with E-state index in [2.05, 4.69) is 10.6 Å². The minimum atomic E-state index is -0.230. The van der Waals surface area contributed by atoms with Gasteiger partial charge in [-0.3, -0.25) is 0 Å². The normalized spacial score (nSPS) is 10.7. The molecule has 1 heterocycles. The number of rotatable bonds is 5. The molecule has 3 rings (SSSR count). The molecule has 4 heteroatoms. The quantitative estimate of drug-likeness (QED) is 0.665. The molecule has 3 nitrogen and oxygen atoms in total. The molecule has 0 aliphatic carbocycles. The van der Waals surface area contributed by atoms with Crippen LogP contribution >= 0.6 is 0 Å². The van der Waals surface area contributed by atoms with Gasteiger partial charge in [0.1, 0.15) is 11.6 Å². The standard InChI is InChI=1S/C18H16FN3/c19-15-9-7-14(8-10-15)13-18-21-16-5-1-2-6-17(16)22(18)12-4-3-11-20/h1-2,5-10H,3-4,12-13H2. The molecular weight excluding hydrogens is 277 g/mol. The van der Waals surface area contributed by atoms with Crippen molar-refractivity contribution in [3.05, 3.63) is 65.7 Å². The van der Waals surface area contributed by atoms with Gasteiger partial charge in [0.25, 0.3) is 0 Å². The maximum atomic E-state index is 13.0. The summed E-state index contributed by atoms with van der Waals surface area (Å²) in [5.74, 6) is 0.719. The third-order valence-corrected chi connectivity index (χ3v) is 3.68. The zero-order valence-electron chi connectivity index (χ0n) is 12.2. The molecule has 3 aromatic rings. The minimum absolute atomic E-state index is 0.230. The fourth-order valence-electron chi connectivity index (χ4n) is 2.61. The summed E-state index contributed by atoms with van der Waals surface area (Å²) in [6, 6.07) is 16.7. The van der Waals surface area contributed by atoms with Crippen LogP contribution in [0.5, 0.6) is 0 Å². The highest BCUT2D eigenvalue weighted by Gasteiger charge is 2.10. The highest BCUT2D eigenvalue weighted by atomic mass is 19.1. The average Bonchev–Trinajstić information content (AvgIpc) is 2.88. The van der Waals surface area contributed by atoms with Crippen LogP contribution in [0.15, 0.2) is 48.5 Å². The van der Waals surface area contributed by atoms with Gasteiger partial charge in [-0.25, -0.2) is 9.37 Å². The van der Waals surface area contributed by atoms with Crippen molar-refractivity contribution in [1.29, 1.82) is 5.26 Å². The number of para-hydroxylation sites is 2. The Hall–Kier alpha value is -2.67. The Morgan fingerprint density at radius 3 is 2.64 bits per heavy atom. The van der Waals surface area contributed by atoms with Crippen molar-refractivity contribution < 1.29 is 4.39 Å². The van der Waals surface area contributed by atoms with Gasteiger partial charge in [-0.1, -0.05) is 24.3 Å². The van der Waals surface area contributed by atoms with Crippen molar-refractivity contribution in [2.24, 2.45) is 0 Å². The molecule has 2 aromatic carbocycles. The first-order valence-electron chi connectivity index (χ1n) is 7.33. The maximum absolute atomic E-state index is 13.0. The van der Waals surface area contributed by atoms with Crippen LogP contribution in [-0.2, 0) is 13.0 Å². The van der Waals surface area contributed by atoms with E-state index in [4.69, 9.17) is 10.2 Å². The minimum Gasteiger partial charge on any atom is -0.328 e. The predicted octanol–water partition coefficient (Wildman–Crippen LogP) is 4.07. The summed E-state index contributed by atoms with van der Waals surface area (Å²) in [6.45, 7) is 0.768. The van der Waals surface area contributed by atoms with Crippen molar-refractivity contribution in [3.63, 3.8) is 0 Å². The van der Waals surface area contributed by atoms with Crippen molar-refractivity contribution >= 4 is 11.0 Å². The Labute approximate surface area is 128 Å². The molecule has 0 N–H and O–H groups in total. The van der Waals surface area contributed by atoms with Gasteiger partial charge in [-0.15, -0.1) is 0 Å². The molecule has 0 unspecified atom stereocenters. The Kier molecular flexibility index (Phi) is 4.15. The SMILES string of the molecule is N#CCCCn1c(Cc2ccc(F)cc2)nc2ccccc21. The molecule has 0 aliphatic heterocycles. The summed E-state index contributed by atoms with van der Waals surface area (Å²) in [4.78, 5) is 4.70. The first-order chi connectivity index (χ1) is 10.8.